The predicted molar refractivity (Wildman–Crippen MR) is 110 cm³/mol. The zero-order valence-electron chi connectivity index (χ0n) is 16.3. The van der Waals surface area contributed by atoms with Crippen LogP contribution in [0.1, 0.15) is 64.6 Å². The Balaban J connectivity index is 1.95. The quantitative estimate of drug-likeness (QED) is 0.206. The van der Waals surface area contributed by atoms with E-state index < -0.39 is 11.3 Å². The van der Waals surface area contributed by atoms with Gasteiger partial charge in [-0.3, -0.25) is 4.79 Å². The van der Waals surface area contributed by atoms with Crippen LogP contribution >= 0.6 is 11.6 Å². The van der Waals surface area contributed by atoms with Gasteiger partial charge in [0.2, 0.25) is 0 Å². The number of esters is 1. The standard InChI is InChI=1S/C22H29ClN2O2/c1-3-5-6-7-8-13-21-24-15-18(16-25-21)17-11-9-12-19(14-17)27-22(26)20(23)10-4-2/h9,11-12,14-16,20H,3-8,10,13H2,1-2H3. The van der Waals surface area contributed by atoms with Crippen LogP contribution < -0.4 is 4.74 Å². The molecule has 0 aliphatic carbocycles. The molecule has 0 fully saturated rings. The molecule has 0 amide bonds. The van der Waals surface area contributed by atoms with Crippen LogP contribution in [-0.4, -0.2) is 21.3 Å². The maximum Gasteiger partial charge on any atom is 0.329 e. The average Bonchev–Trinajstić information content (AvgIpc) is 2.68. The summed E-state index contributed by atoms with van der Waals surface area (Å²) >= 11 is 6.03. The van der Waals surface area contributed by atoms with Crippen molar-refractivity contribution in [3.63, 3.8) is 0 Å². The van der Waals surface area contributed by atoms with E-state index in [0.29, 0.717) is 12.2 Å². The highest BCUT2D eigenvalue weighted by Gasteiger charge is 2.16. The Morgan fingerprint density at radius 1 is 1.04 bits per heavy atom. The van der Waals surface area contributed by atoms with Crippen LogP contribution in [0.4, 0.5) is 0 Å². The summed E-state index contributed by atoms with van der Waals surface area (Å²) in [5.74, 6) is 0.951. The van der Waals surface area contributed by atoms with Gasteiger partial charge in [-0.05, 0) is 30.5 Å². The van der Waals surface area contributed by atoms with Crippen LogP contribution in [0.5, 0.6) is 5.75 Å². The van der Waals surface area contributed by atoms with E-state index in [1.165, 1.54) is 25.7 Å². The third kappa shape index (κ3) is 7.30. The number of carbonyl (C=O) groups is 1. The summed E-state index contributed by atoms with van der Waals surface area (Å²) in [5, 5.41) is -0.612. The molecule has 0 radical (unpaired) electrons. The lowest BCUT2D eigenvalue weighted by Crippen LogP contribution is -2.20. The minimum Gasteiger partial charge on any atom is -0.425 e. The van der Waals surface area contributed by atoms with Crippen LogP contribution in [-0.2, 0) is 11.2 Å². The maximum atomic E-state index is 12.0. The summed E-state index contributed by atoms with van der Waals surface area (Å²) in [6.45, 7) is 4.20. The number of ether oxygens (including phenoxy) is 1. The molecule has 0 spiro atoms. The zero-order chi connectivity index (χ0) is 19.5. The number of carbonyl (C=O) groups excluding carboxylic acids is 1. The molecule has 0 bridgehead atoms. The van der Waals surface area contributed by atoms with Gasteiger partial charge in [0.1, 0.15) is 17.0 Å². The van der Waals surface area contributed by atoms with Crippen molar-refractivity contribution in [3.8, 4) is 16.9 Å². The largest absolute Gasteiger partial charge is 0.425 e. The van der Waals surface area contributed by atoms with Gasteiger partial charge in [-0.1, -0.05) is 58.1 Å². The molecule has 1 aromatic heterocycles. The Morgan fingerprint density at radius 2 is 1.78 bits per heavy atom. The van der Waals surface area contributed by atoms with Gasteiger partial charge in [-0.25, -0.2) is 9.97 Å². The fraction of sp³-hybridized carbons (Fsp3) is 0.500. The maximum absolute atomic E-state index is 12.0. The molecule has 1 unspecified atom stereocenters. The van der Waals surface area contributed by atoms with Crippen molar-refractivity contribution < 1.29 is 9.53 Å². The van der Waals surface area contributed by atoms with E-state index in [-0.39, 0.29) is 0 Å². The fourth-order valence-corrected chi connectivity index (χ4v) is 3.07. The molecule has 1 atom stereocenters. The second-order valence-corrected chi connectivity index (χ2v) is 7.28. The number of aromatic nitrogens is 2. The molecule has 0 saturated heterocycles. The van der Waals surface area contributed by atoms with E-state index in [1.54, 1.807) is 6.07 Å². The van der Waals surface area contributed by atoms with E-state index in [1.807, 2.05) is 37.5 Å². The normalized spacial score (nSPS) is 12.0. The average molecular weight is 389 g/mol. The third-order valence-corrected chi connectivity index (χ3v) is 4.79. The van der Waals surface area contributed by atoms with E-state index in [0.717, 1.165) is 36.2 Å². The Morgan fingerprint density at radius 3 is 2.48 bits per heavy atom. The Hall–Kier alpha value is -1.94. The van der Waals surface area contributed by atoms with Crippen molar-refractivity contribution in [2.24, 2.45) is 0 Å². The summed E-state index contributed by atoms with van der Waals surface area (Å²) in [5.41, 5.74) is 1.81. The Labute approximate surface area is 167 Å². The van der Waals surface area contributed by atoms with E-state index in [2.05, 4.69) is 16.9 Å². The zero-order valence-corrected chi connectivity index (χ0v) is 17.0. The first-order valence-electron chi connectivity index (χ1n) is 9.91. The molecule has 0 aliphatic rings. The van der Waals surface area contributed by atoms with Crippen molar-refractivity contribution in [2.75, 3.05) is 0 Å². The number of benzene rings is 1. The third-order valence-electron chi connectivity index (χ3n) is 4.39. The lowest BCUT2D eigenvalue weighted by atomic mass is 10.1. The number of halogens is 1. The lowest BCUT2D eigenvalue weighted by Gasteiger charge is -2.10. The molecular formula is C22H29ClN2O2. The van der Waals surface area contributed by atoms with Crippen molar-refractivity contribution in [1.82, 2.24) is 9.97 Å². The van der Waals surface area contributed by atoms with E-state index >= 15 is 0 Å². The highest BCUT2D eigenvalue weighted by atomic mass is 35.5. The minimum atomic E-state index is -0.612. The molecule has 27 heavy (non-hydrogen) atoms. The van der Waals surface area contributed by atoms with Gasteiger partial charge in [0.15, 0.2) is 0 Å². The number of unbranched alkanes of at least 4 members (excludes halogenated alkanes) is 4. The first-order valence-corrected chi connectivity index (χ1v) is 10.3. The van der Waals surface area contributed by atoms with Crippen LogP contribution in [0.2, 0.25) is 0 Å². The molecule has 0 N–H and O–H groups in total. The van der Waals surface area contributed by atoms with Gasteiger partial charge in [0.25, 0.3) is 0 Å². The molecule has 1 aromatic carbocycles. The van der Waals surface area contributed by atoms with Crippen LogP contribution in [0, 0.1) is 0 Å². The summed E-state index contributed by atoms with van der Waals surface area (Å²) in [7, 11) is 0. The first kappa shape index (κ1) is 21.4. The smallest absolute Gasteiger partial charge is 0.329 e. The van der Waals surface area contributed by atoms with Gasteiger partial charge in [-0.15, -0.1) is 11.6 Å². The van der Waals surface area contributed by atoms with Crippen molar-refractivity contribution in [1.29, 1.82) is 0 Å². The second kappa shape index (κ2) is 11.7. The van der Waals surface area contributed by atoms with Gasteiger partial charge >= 0.3 is 5.97 Å². The molecule has 5 heteroatoms. The number of hydrogen-bond donors (Lipinski definition) is 0. The van der Waals surface area contributed by atoms with Gasteiger partial charge in [0, 0.05) is 24.4 Å². The summed E-state index contributed by atoms with van der Waals surface area (Å²) in [6, 6.07) is 7.37. The molecule has 0 saturated carbocycles. The van der Waals surface area contributed by atoms with Gasteiger partial charge in [0.05, 0.1) is 0 Å². The van der Waals surface area contributed by atoms with Gasteiger partial charge in [-0.2, -0.15) is 0 Å². The van der Waals surface area contributed by atoms with Crippen LogP contribution in [0.25, 0.3) is 11.1 Å². The number of rotatable bonds is 11. The fourth-order valence-electron chi connectivity index (χ4n) is 2.81. The van der Waals surface area contributed by atoms with Crippen molar-refractivity contribution in [3.05, 3.63) is 42.5 Å². The monoisotopic (exact) mass is 388 g/mol. The lowest BCUT2D eigenvalue weighted by molar-refractivity contribution is -0.134. The Kier molecular flexibility index (Phi) is 9.26. The molecule has 2 rings (SSSR count). The summed E-state index contributed by atoms with van der Waals surface area (Å²) < 4.78 is 5.39. The summed E-state index contributed by atoms with van der Waals surface area (Å²) in [6.07, 6.45) is 12.2. The molecule has 2 aromatic rings. The Bertz CT molecular complexity index is 704. The van der Waals surface area contributed by atoms with Gasteiger partial charge < -0.3 is 4.74 Å². The molecule has 1 heterocycles. The summed E-state index contributed by atoms with van der Waals surface area (Å²) in [4.78, 5) is 20.9. The first-order chi connectivity index (χ1) is 13.1. The molecular weight excluding hydrogens is 360 g/mol. The van der Waals surface area contributed by atoms with E-state index in [9.17, 15) is 4.79 Å². The number of alkyl halides is 1. The minimum absolute atomic E-state index is 0.412. The SMILES string of the molecule is CCCCCCCc1ncc(-c2cccc(OC(=O)C(Cl)CCC)c2)cn1. The number of nitrogens with zero attached hydrogens (tertiary/aromatic N) is 2. The molecule has 4 nitrogen and oxygen atoms in total. The van der Waals surface area contributed by atoms with Crippen molar-refractivity contribution in [2.45, 2.75) is 70.6 Å². The second-order valence-electron chi connectivity index (χ2n) is 6.76. The molecule has 146 valence electrons. The number of aryl methyl sites for hydroxylation is 1. The van der Waals surface area contributed by atoms with E-state index in [4.69, 9.17) is 16.3 Å². The highest BCUT2D eigenvalue weighted by molar-refractivity contribution is 6.30. The predicted octanol–water partition coefficient (Wildman–Crippen LogP) is 5.97. The highest BCUT2D eigenvalue weighted by Crippen LogP contribution is 2.24. The van der Waals surface area contributed by atoms with Crippen LogP contribution in [0.15, 0.2) is 36.7 Å². The topological polar surface area (TPSA) is 52.1 Å². The number of hydrogen-bond acceptors (Lipinski definition) is 4. The van der Waals surface area contributed by atoms with Crippen molar-refractivity contribution >= 4 is 17.6 Å². The van der Waals surface area contributed by atoms with Crippen LogP contribution in [0.3, 0.4) is 0 Å². The molecule has 0 aliphatic heterocycles.